The maximum absolute atomic E-state index is 12.7. The lowest BCUT2D eigenvalue weighted by Gasteiger charge is -2.38. The molecule has 0 unspecified atom stereocenters. The van der Waals surface area contributed by atoms with Gasteiger partial charge in [-0.15, -0.1) is 0 Å². The minimum Gasteiger partial charge on any atom is -0.316 e. The first kappa shape index (κ1) is 22.3. The molecule has 3 nitrogen and oxygen atoms in total. The third-order valence-corrected chi connectivity index (χ3v) is 6.43. The second-order valence-corrected chi connectivity index (χ2v) is 8.46. The Balaban J connectivity index is 1.70. The van der Waals surface area contributed by atoms with E-state index in [0.717, 1.165) is 28.1 Å². The van der Waals surface area contributed by atoms with Crippen molar-refractivity contribution in [2.24, 2.45) is 0 Å². The number of ketones is 1. The van der Waals surface area contributed by atoms with Crippen molar-refractivity contribution in [1.29, 1.82) is 0 Å². The minimum atomic E-state index is -0.629. The smallest absolute Gasteiger partial charge is 0.185 e. The molecule has 0 spiro atoms. The SMILES string of the molecule is Cc1c(C=CC(=O)c2ccccc2)ncn1C(c1ccccc1)(c1ccccc1)c1ccccc1. The molecule has 0 amide bonds. The van der Waals surface area contributed by atoms with Crippen LogP contribution in [0.15, 0.2) is 134 Å². The summed E-state index contributed by atoms with van der Waals surface area (Å²) in [4.78, 5) is 17.4. The molecule has 0 saturated heterocycles. The van der Waals surface area contributed by atoms with Gasteiger partial charge in [-0.05, 0) is 35.8 Å². The Morgan fingerprint density at radius 2 is 1.11 bits per heavy atom. The van der Waals surface area contributed by atoms with Gasteiger partial charge in [0.25, 0.3) is 0 Å². The van der Waals surface area contributed by atoms with Crippen molar-refractivity contribution in [3.8, 4) is 0 Å². The van der Waals surface area contributed by atoms with Crippen molar-refractivity contribution >= 4 is 11.9 Å². The molecule has 5 aromatic rings. The van der Waals surface area contributed by atoms with E-state index in [1.807, 2.05) is 60.9 Å². The molecule has 0 N–H and O–H groups in total. The van der Waals surface area contributed by atoms with E-state index in [-0.39, 0.29) is 5.78 Å². The highest BCUT2D eigenvalue weighted by Crippen LogP contribution is 2.41. The number of imidazole rings is 1. The Morgan fingerprint density at radius 1 is 0.686 bits per heavy atom. The summed E-state index contributed by atoms with van der Waals surface area (Å²) < 4.78 is 2.22. The highest BCUT2D eigenvalue weighted by atomic mass is 16.1. The molecule has 0 fully saturated rings. The summed E-state index contributed by atoms with van der Waals surface area (Å²) in [5.74, 6) is -0.0417. The van der Waals surface area contributed by atoms with E-state index in [0.29, 0.717) is 5.56 Å². The van der Waals surface area contributed by atoms with Gasteiger partial charge in [0.05, 0.1) is 12.0 Å². The van der Waals surface area contributed by atoms with Crippen molar-refractivity contribution < 1.29 is 4.79 Å². The second-order valence-electron chi connectivity index (χ2n) is 8.46. The Hall–Kier alpha value is -4.50. The quantitative estimate of drug-likeness (QED) is 0.152. The van der Waals surface area contributed by atoms with Crippen LogP contribution in [-0.4, -0.2) is 15.3 Å². The van der Waals surface area contributed by atoms with Gasteiger partial charge < -0.3 is 4.57 Å². The summed E-state index contributed by atoms with van der Waals surface area (Å²) in [5, 5.41) is 0. The fourth-order valence-corrected chi connectivity index (χ4v) is 4.73. The number of allylic oxidation sites excluding steroid dienone is 1. The molecule has 4 aromatic carbocycles. The monoisotopic (exact) mass is 454 g/mol. The van der Waals surface area contributed by atoms with Crippen LogP contribution in [0.5, 0.6) is 0 Å². The molecule has 0 bridgehead atoms. The standard InChI is InChI=1S/C32H26N2O/c1-25-30(22-23-31(35)26-14-6-2-7-15-26)33-24-34(25)32(27-16-8-3-9-17-27,28-18-10-4-11-19-28)29-20-12-5-13-21-29/h2-24H,1H3. The molecule has 5 rings (SSSR count). The predicted octanol–water partition coefficient (Wildman–Crippen LogP) is 6.93. The Kier molecular flexibility index (Phi) is 6.23. The Bertz CT molecular complexity index is 1340. The van der Waals surface area contributed by atoms with Gasteiger partial charge in [-0.25, -0.2) is 4.98 Å². The van der Waals surface area contributed by atoms with Crippen molar-refractivity contribution in [3.05, 3.63) is 167 Å². The fraction of sp³-hybridized carbons (Fsp3) is 0.0625. The van der Waals surface area contributed by atoms with Crippen LogP contribution in [0.2, 0.25) is 0 Å². The molecule has 3 heteroatoms. The zero-order chi connectivity index (χ0) is 24.1. The molecule has 1 aromatic heterocycles. The van der Waals surface area contributed by atoms with Crippen LogP contribution < -0.4 is 0 Å². The number of carbonyl (C=O) groups excluding carboxylic acids is 1. The molecular formula is C32H26N2O. The summed E-state index contributed by atoms with van der Waals surface area (Å²) >= 11 is 0. The van der Waals surface area contributed by atoms with E-state index >= 15 is 0 Å². The summed E-state index contributed by atoms with van der Waals surface area (Å²) in [6.45, 7) is 2.06. The van der Waals surface area contributed by atoms with Gasteiger partial charge in [-0.3, -0.25) is 4.79 Å². The zero-order valence-corrected chi connectivity index (χ0v) is 19.6. The zero-order valence-electron chi connectivity index (χ0n) is 19.6. The first-order valence-corrected chi connectivity index (χ1v) is 11.7. The third-order valence-electron chi connectivity index (χ3n) is 6.43. The highest BCUT2D eigenvalue weighted by Gasteiger charge is 2.39. The van der Waals surface area contributed by atoms with E-state index in [1.54, 1.807) is 6.08 Å². The Morgan fingerprint density at radius 3 is 1.57 bits per heavy atom. The molecule has 0 atom stereocenters. The number of carbonyl (C=O) groups is 1. The van der Waals surface area contributed by atoms with Crippen LogP contribution in [-0.2, 0) is 5.54 Å². The average Bonchev–Trinajstić information content (AvgIpc) is 3.30. The van der Waals surface area contributed by atoms with Crippen LogP contribution >= 0.6 is 0 Å². The highest BCUT2D eigenvalue weighted by molar-refractivity contribution is 6.06. The molecule has 170 valence electrons. The number of rotatable bonds is 7. The lowest BCUT2D eigenvalue weighted by Crippen LogP contribution is -2.38. The van der Waals surface area contributed by atoms with E-state index < -0.39 is 5.54 Å². The van der Waals surface area contributed by atoms with Gasteiger partial charge in [-0.2, -0.15) is 0 Å². The Labute approximate surface area is 206 Å². The molecule has 0 saturated carbocycles. The second kappa shape index (κ2) is 9.78. The molecule has 0 aliphatic carbocycles. The van der Waals surface area contributed by atoms with E-state index in [9.17, 15) is 4.79 Å². The first-order chi connectivity index (χ1) is 17.2. The summed E-state index contributed by atoms with van der Waals surface area (Å²) in [7, 11) is 0. The number of hydrogen-bond acceptors (Lipinski definition) is 2. The summed E-state index contributed by atoms with van der Waals surface area (Å²) in [6.07, 6.45) is 5.30. The molecule has 0 radical (unpaired) electrons. The number of hydrogen-bond donors (Lipinski definition) is 0. The van der Waals surface area contributed by atoms with Crippen LogP contribution in [0.1, 0.15) is 38.4 Å². The van der Waals surface area contributed by atoms with Crippen molar-refractivity contribution in [2.45, 2.75) is 12.5 Å². The summed E-state index contributed by atoms with van der Waals surface area (Å²) in [5.41, 5.74) is 5.17. The fourth-order valence-electron chi connectivity index (χ4n) is 4.73. The van der Waals surface area contributed by atoms with Gasteiger partial charge in [-0.1, -0.05) is 121 Å². The normalized spacial score (nSPS) is 11.6. The number of benzene rings is 4. The largest absolute Gasteiger partial charge is 0.316 e. The van der Waals surface area contributed by atoms with Crippen molar-refractivity contribution in [1.82, 2.24) is 9.55 Å². The molecule has 1 heterocycles. The van der Waals surface area contributed by atoms with Gasteiger partial charge in [0.2, 0.25) is 0 Å². The average molecular weight is 455 g/mol. The first-order valence-electron chi connectivity index (χ1n) is 11.7. The van der Waals surface area contributed by atoms with Crippen LogP contribution in [0.4, 0.5) is 0 Å². The van der Waals surface area contributed by atoms with Gasteiger partial charge in [0, 0.05) is 11.3 Å². The lowest BCUT2D eigenvalue weighted by molar-refractivity contribution is 0.104. The van der Waals surface area contributed by atoms with Crippen molar-refractivity contribution in [2.75, 3.05) is 0 Å². The number of nitrogens with zero attached hydrogens (tertiary/aromatic N) is 2. The number of aromatic nitrogens is 2. The van der Waals surface area contributed by atoms with Crippen molar-refractivity contribution in [3.63, 3.8) is 0 Å². The maximum Gasteiger partial charge on any atom is 0.185 e. The van der Waals surface area contributed by atoms with Gasteiger partial charge in [0.1, 0.15) is 5.54 Å². The van der Waals surface area contributed by atoms with Crippen LogP contribution in [0, 0.1) is 6.92 Å². The van der Waals surface area contributed by atoms with Gasteiger partial charge >= 0.3 is 0 Å². The topological polar surface area (TPSA) is 34.9 Å². The van der Waals surface area contributed by atoms with E-state index in [2.05, 4.69) is 84.3 Å². The maximum atomic E-state index is 12.7. The van der Waals surface area contributed by atoms with Crippen LogP contribution in [0.25, 0.3) is 6.08 Å². The molecule has 35 heavy (non-hydrogen) atoms. The molecular weight excluding hydrogens is 428 g/mol. The lowest BCUT2D eigenvalue weighted by atomic mass is 9.76. The van der Waals surface area contributed by atoms with E-state index in [1.165, 1.54) is 0 Å². The molecule has 0 aliphatic heterocycles. The third kappa shape index (κ3) is 4.13. The van der Waals surface area contributed by atoms with Crippen LogP contribution in [0.3, 0.4) is 0 Å². The van der Waals surface area contributed by atoms with E-state index in [4.69, 9.17) is 4.98 Å². The molecule has 0 aliphatic rings. The predicted molar refractivity (Wildman–Crippen MR) is 141 cm³/mol. The van der Waals surface area contributed by atoms with Gasteiger partial charge in [0.15, 0.2) is 5.78 Å². The minimum absolute atomic E-state index is 0.0417. The summed E-state index contributed by atoms with van der Waals surface area (Å²) in [6, 6.07) is 40.8.